The number of aromatic nitrogens is 1. The molecule has 0 aliphatic heterocycles. The van der Waals surface area contributed by atoms with Gasteiger partial charge in [-0.15, -0.1) is 11.3 Å². The second-order valence-corrected chi connectivity index (χ2v) is 4.79. The maximum atomic E-state index is 5.87. The minimum atomic E-state index is 0.254. The summed E-state index contributed by atoms with van der Waals surface area (Å²) < 4.78 is 0. The fourth-order valence-electron chi connectivity index (χ4n) is 1.20. The van der Waals surface area contributed by atoms with Gasteiger partial charge in [0, 0.05) is 24.4 Å². The fourth-order valence-corrected chi connectivity index (χ4v) is 2.12. The number of nitrogens with zero attached hydrogens (tertiary/aromatic N) is 2. The fraction of sp³-hybridized carbons (Fsp3) is 0.700. The maximum absolute atomic E-state index is 5.87. The van der Waals surface area contributed by atoms with Crippen molar-refractivity contribution < 1.29 is 0 Å². The van der Waals surface area contributed by atoms with Crippen LogP contribution in [0.1, 0.15) is 24.0 Å². The number of nitrogens with two attached hydrogens (primary N) is 1. The Morgan fingerprint density at radius 2 is 2.29 bits per heavy atom. The maximum Gasteiger partial charge on any atom is 0.107 e. The highest BCUT2D eigenvalue weighted by molar-refractivity contribution is 7.09. The number of hydrogen-bond acceptors (Lipinski definition) is 4. The zero-order valence-electron chi connectivity index (χ0n) is 9.16. The average molecular weight is 213 g/mol. The highest BCUT2D eigenvalue weighted by Crippen LogP contribution is 2.12. The van der Waals surface area contributed by atoms with Gasteiger partial charge < -0.3 is 10.6 Å². The molecule has 0 fully saturated rings. The van der Waals surface area contributed by atoms with Crippen molar-refractivity contribution in [3.05, 3.63) is 16.1 Å². The summed E-state index contributed by atoms with van der Waals surface area (Å²) >= 11 is 1.72. The smallest absolute Gasteiger partial charge is 0.107 e. The van der Waals surface area contributed by atoms with Crippen molar-refractivity contribution in [2.24, 2.45) is 5.73 Å². The lowest BCUT2D eigenvalue weighted by molar-refractivity contribution is 0.401. The molecule has 0 saturated heterocycles. The van der Waals surface area contributed by atoms with E-state index in [9.17, 15) is 0 Å². The molecule has 1 unspecified atom stereocenters. The molecule has 0 aromatic carbocycles. The van der Waals surface area contributed by atoms with Gasteiger partial charge in [0.25, 0.3) is 0 Å². The van der Waals surface area contributed by atoms with Gasteiger partial charge in [-0.3, -0.25) is 0 Å². The van der Waals surface area contributed by atoms with Crippen LogP contribution in [0, 0.1) is 0 Å². The molecule has 1 rings (SSSR count). The molecule has 0 spiro atoms. The summed E-state index contributed by atoms with van der Waals surface area (Å²) in [7, 11) is 4.11. The average Bonchev–Trinajstić information content (AvgIpc) is 2.51. The van der Waals surface area contributed by atoms with E-state index in [2.05, 4.69) is 36.3 Å². The van der Waals surface area contributed by atoms with Gasteiger partial charge in [-0.1, -0.05) is 6.92 Å². The minimum absolute atomic E-state index is 0.254. The summed E-state index contributed by atoms with van der Waals surface area (Å²) in [4.78, 5) is 6.66. The standard InChI is InChI=1S/C10H19N3S/c1-4-8(11)5-9-7-14-10(12-9)6-13(2)3/h7-8H,4-6,11H2,1-3H3. The van der Waals surface area contributed by atoms with E-state index in [1.54, 1.807) is 11.3 Å². The van der Waals surface area contributed by atoms with Gasteiger partial charge in [-0.05, 0) is 20.5 Å². The summed E-state index contributed by atoms with van der Waals surface area (Å²) in [6.07, 6.45) is 1.92. The molecule has 0 bridgehead atoms. The Balaban J connectivity index is 2.50. The van der Waals surface area contributed by atoms with Crippen molar-refractivity contribution in [1.82, 2.24) is 9.88 Å². The quantitative estimate of drug-likeness (QED) is 0.805. The highest BCUT2D eigenvalue weighted by Gasteiger charge is 2.06. The Kier molecular flexibility index (Phi) is 4.51. The molecule has 0 amide bonds. The topological polar surface area (TPSA) is 42.1 Å². The monoisotopic (exact) mass is 213 g/mol. The summed E-state index contributed by atoms with van der Waals surface area (Å²) in [5, 5.41) is 3.29. The molecule has 1 aromatic heterocycles. The van der Waals surface area contributed by atoms with Crippen molar-refractivity contribution in [3.8, 4) is 0 Å². The molecular weight excluding hydrogens is 194 g/mol. The highest BCUT2D eigenvalue weighted by atomic mass is 32.1. The second-order valence-electron chi connectivity index (χ2n) is 3.84. The van der Waals surface area contributed by atoms with E-state index in [1.165, 1.54) is 5.01 Å². The lowest BCUT2D eigenvalue weighted by atomic mass is 10.1. The zero-order valence-corrected chi connectivity index (χ0v) is 9.97. The molecule has 1 aromatic rings. The third-order valence-corrected chi connectivity index (χ3v) is 2.93. The number of hydrogen-bond donors (Lipinski definition) is 1. The molecule has 0 aliphatic rings. The zero-order chi connectivity index (χ0) is 10.6. The van der Waals surface area contributed by atoms with Gasteiger partial charge in [-0.2, -0.15) is 0 Å². The first-order chi connectivity index (χ1) is 6.61. The van der Waals surface area contributed by atoms with Gasteiger partial charge in [0.05, 0.1) is 5.69 Å². The molecule has 80 valence electrons. The molecule has 0 saturated carbocycles. The SMILES string of the molecule is CCC(N)Cc1csc(CN(C)C)n1. The van der Waals surface area contributed by atoms with Crippen LogP contribution < -0.4 is 5.73 Å². The molecule has 4 heteroatoms. The van der Waals surface area contributed by atoms with E-state index >= 15 is 0 Å². The summed E-state index contributed by atoms with van der Waals surface area (Å²) in [5.41, 5.74) is 7.01. The van der Waals surface area contributed by atoms with Crippen molar-refractivity contribution in [3.63, 3.8) is 0 Å². The molecule has 14 heavy (non-hydrogen) atoms. The van der Waals surface area contributed by atoms with Crippen LogP contribution in [0.3, 0.4) is 0 Å². The van der Waals surface area contributed by atoms with E-state index in [0.29, 0.717) is 0 Å². The number of thiazole rings is 1. The first-order valence-electron chi connectivity index (χ1n) is 4.95. The first kappa shape index (κ1) is 11.6. The molecule has 2 N–H and O–H groups in total. The van der Waals surface area contributed by atoms with Crippen LogP contribution in [-0.2, 0) is 13.0 Å². The van der Waals surface area contributed by atoms with Gasteiger partial charge >= 0.3 is 0 Å². The lowest BCUT2D eigenvalue weighted by Gasteiger charge is -2.06. The molecule has 1 atom stereocenters. The minimum Gasteiger partial charge on any atom is -0.327 e. The lowest BCUT2D eigenvalue weighted by Crippen LogP contribution is -2.21. The van der Waals surface area contributed by atoms with Crippen LogP contribution in [0.4, 0.5) is 0 Å². The second kappa shape index (κ2) is 5.44. The van der Waals surface area contributed by atoms with Crippen molar-refractivity contribution >= 4 is 11.3 Å². The molecule has 3 nitrogen and oxygen atoms in total. The molecule has 0 radical (unpaired) electrons. The van der Waals surface area contributed by atoms with Crippen LogP contribution in [0.15, 0.2) is 5.38 Å². The van der Waals surface area contributed by atoms with Crippen LogP contribution >= 0.6 is 11.3 Å². The molecule has 1 heterocycles. The first-order valence-corrected chi connectivity index (χ1v) is 5.83. The van der Waals surface area contributed by atoms with E-state index < -0.39 is 0 Å². The van der Waals surface area contributed by atoms with E-state index in [-0.39, 0.29) is 6.04 Å². The Hall–Kier alpha value is -0.450. The normalized spacial score (nSPS) is 13.5. The predicted octanol–water partition coefficient (Wildman–Crippen LogP) is 1.48. The third-order valence-electron chi connectivity index (χ3n) is 2.05. The van der Waals surface area contributed by atoms with E-state index in [1.807, 2.05) is 0 Å². The Bertz CT molecular complexity index is 270. The van der Waals surface area contributed by atoms with Crippen molar-refractivity contribution in [2.45, 2.75) is 32.4 Å². The molecular formula is C10H19N3S. The van der Waals surface area contributed by atoms with E-state index in [0.717, 1.165) is 25.1 Å². The third kappa shape index (κ3) is 3.74. The van der Waals surface area contributed by atoms with Crippen LogP contribution in [0.25, 0.3) is 0 Å². The Morgan fingerprint density at radius 1 is 1.57 bits per heavy atom. The van der Waals surface area contributed by atoms with Crippen LogP contribution in [0.2, 0.25) is 0 Å². The summed E-state index contributed by atoms with van der Waals surface area (Å²) in [5.74, 6) is 0. The van der Waals surface area contributed by atoms with Crippen LogP contribution in [-0.4, -0.2) is 30.0 Å². The summed E-state index contributed by atoms with van der Waals surface area (Å²) in [6, 6.07) is 0.254. The Labute approximate surface area is 89.9 Å². The van der Waals surface area contributed by atoms with Crippen molar-refractivity contribution in [1.29, 1.82) is 0 Å². The van der Waals surface area contributed by atoms with E-state index in [4.69, 9.17) is 5.73 Å². The largest absolute Gasteiger partial charge is 0.327 e. The van der Waals surface area contributed by atoms with Gasteiger partial charge in [0.2, 0.25) is 0 Å². The van der Waals surface area contributed by atoms with Crippen molar-refractivity contribution in [2.75, 3.05) is 14.1 Å². The van der Waals surface area contributed by atoms with Gasteiger partial charge in [0.15, 0.2) is 0 Å². The van der Waals surface area contributed by atoms with Crippen LogP contribution in [0.5, 0.6) is 0 Å². The predicted molar refractivity (Wildman–Crippen MR) is 61.5 cm³/mol. The van der Waals surface area contributed by atoms with Gasteiger partial charge in [0.1, 0.15) is 5.01 Å². The Morgan fingerprint density at radius 3 is 2.86 bits per heavy atom. The summed E-state index contributed by atoms with van der Waals surface area (Å²) in [6.45, 7) is 3.03. The van der Waals surface area contributed by atoms with Gasteiger partial charge in [-0.25, -0.2) is 4.98 Å². The number of rotatable bonds is 5. The molecule has 0 aliphatic carbocycles.